The third-order valence-electron chi connectivity index (χ3n) is 4.54. The zero-order valence-corrected chi connectivity index (χ0v) is 13.6. The van der Waals surface area contributed by atoms with Crippen molar-refractivity contribution in [1.29, 1.82) is 0 Å². The summed E-state index contributed by atoms with van der Waals surface area (Å²) in [5.74, 6) is 0.463. The second-order valence-electron chi connectivity index (χ2n) is 6.08. The van der Waals surface area contributed by atoms with Gasteiger partial charge in [-0.1, -0.05) is 25.7 Å². The Balaban J connectivity index is 1.91. The van der Waals surface area contributed by atoms with Crippen LogP contribution < -0.4 is 10.6 Å². The number of hydrogen-bond donors (Lipinski definition) is 2. The van der Waals surface area contributed by atoms with E-state index >= 15 is 0 Å². The monoisotopic (exact) mass is 335 g/mol. The van der Waals surface area contributed by atoms with Crippen LogP contribution in [-0.2, 0) is 19.1 Å². The molecular weight excluding hydrogens is 314 g/mol. The largest absolute Gasteiger partial charge is 0.454 e. The molecule has 1 aliphatic carbocycles. The molecule has 24 heavy (non-hydrogen) atoms. The van der Waals surface area contributed by atoms with Crippen molar-refractivity contribution in [3.63, 3.8) is 0 Å². The highest BCUT2D eigenvalue weighted by molar-refractivity contribution is 6.09. The zero-order valence-electron chi connectivity index (χ0n) is 13.6. The average molecular weight is 335 g/mol. The van der Waals surface area contributed by atoms with Gasteiger partial charge in [-0.25, -0.2) is 4.79 Å². The molecule has 1 saturated carbocycles. The molecule has 8 nitrogen and oxygen atoms in total. The lowest BCUT2D eigenvalue weighted by atomic mass is 9.73. The maximum atomic E-state index is 12.7. The molecule has 2 N–H and O–H groups in total. The van der Waals surface area contributed by atoms with Crippen LogP contribution in [-0.4, -0.2) is 54.0 Å². The normalized spacial score (nSPS) is 26.0. The molecule has 2 fully saturated rings. The van der Waals surface area contributed by atoms with Gasteiger partial charge in [0.2, 0.25) is 0 Å². The summed E-state index contributed by atoms with van der Waals surface area (Å²) in [6, 6.07) is -0.595. The molecule has 0 aromatic rings. The molecule has 0 bridgehead atoms. The summed E-state index contributed by atoms with van der Waals surface area (Å²) in [6.45, 7) is 0.937. The Bertz CT molecular complexity index is 597. The number of imide groups is 1. The summed E-state index contributed by atoms with van der Waals surface area (Å²) in [4.78, 5) is 48.7. The van der Waals surface area contributed by atoms with Gasteiger partial charge in [-0.15, -0.1) is 6.42 Å². The van der Waals surface area contributed by atoms with Gasteiger partial charge in [0.25, 0.3) is 11.8 Å². The van der Waals surface area contributed by atoms with Crippen molar-refractivity contribution in [1.82, 2.24) is 15.5 Å². The molecule has 0 aromatic heterocycles. The Labute approximate surface area is 140 Å². The molecule has 1 heterocycles. The topological polar surface area (TPSA) is 105 Å². The van der Waals surface area contributed by atoms with Gasteiger partial charge in [-0.2, -0.15) is 0 Å². The van der Waals surface area contributed by atoms with Gasteiger partial charge in [0, 0.05) is 0 Å². The van der Waals surface area contributed by atoms with Gasteiger partial charge >= 0.3 is 12.0 Å². The van der Waals surface area contributed by atoms with Gasteiger partial charge in [0.1, 0.15) is 12.1 Å². The van der Waals surface area contributed by atoms with Crippen molar-refractivity contribution in [3.8, 4) is 12.3 Å². The van der Waals surface area contributed by atoms with Crippen LogP contribution in [0.1, 0.15) is 32.6 Å². The van der Waals surface area contributed by atoms with Crippen LogP contribution in [0.2, 0.25) is 0 Å². The Morgan fingerprint density at radius 1 is 1.46 bits per heavy atom. The smallest absolute Gasteiger partial charge is 0.326 e. The summed E-state index contributed by atoms with van der Waals surface area (Å²) < 4.78 is 4.77. The van der Waals surface area contributed by atoms with E-state index in [2.05, 4.69) is 16.6 Å². The average Bonchev–Trinajstić information content (AvgIpc) is 2.79. The van der Waals surface area contributed by atoms with Gasteiger partial charge in [-0.3, -0.25) is 19.3 Å². The van der Waals surface area contributed by atoms with Gasteiger partial charge < -0.3 is 15.4 Å². The van der Waals surface area contributed by atoms with E-state index in [1.54, 1.807) is 0 Å². The number of hydrogen-bond acceptors (Lipinski definition) is 5. The quantitative estimate of drug-likeness (QED) is 0.411. The number of urea groups is 1. The number of carbonyl (C=O) groups excluding carboxylic acids is 4. The SMILES string of the molecule is C#CCNC(=O)COC(=O)CN1C(=O)N[C@]2(CCCC[C@@H]2C)C1=O. The molecule has 2 rings (SSSR count). The van der Waals surface area contributed by atoms with E-state index < -0.39 is 42.5 Å². The van der Waals surface area contributed by atoms with Crippen LogP contribution in [0.15, 0.2) is 0 Å². The van der Waals surface area contributed by atoms with E-state index in [9.17, 15) is 19.2 Å². The third-order valence-corrected chi connectivity index (χ3v) is 4.54. The lowest BCUT2D eigenvalue weighted by molar-refractivity contribution is -0.151. The molecule has 0 radical (unpaired) electrons. The maximum Gasteiger partial charge on any atom is 0.326 e. The Kier molecular flexibility index (Phi) is 5.44. The number of carbonyl (C=O) groups is 4. The number of nitrogens with zero attached hydrogens (tertiary/aromatic N) is 1. The minimum Gasteiger partial charge on any atom is -0.454 e. The van der Waals surface area contributed by atoms with Crippen LogP contribution in [0.5, 0.6) is 0 Å². The molecule has 2 aliphatic rings. The first-order chi connectivity index (χ1) is 11.4. The van der Waals surface area contributed by atoms with Crippen LogP contribution in [0, 0.1) is 18.3 Å². The number of amides is 4. The lowest BCUT2D eigenvalue weighted by Gasteiger charge is -2.36. The minimum absolute atomic E-state index is 0.0123. The van der Waals surface area contributed by atoms with Crippen LogP contribution in [0.4, 0.5) is 4.79 Å². The van der Waals surface area contributed by atoms with Gasteiger partial charge in [0.15, 0.2) is 6.61 Å². The van der Waals surface area contributed by atoms with Gasteiger partial charge in [0.05, 0.1) is 6.54 Å². The number of nitrogens with one attached hydrogen (secondary N) is 2. The van der Waals surface area contributed by atoms with E-state index in [1.807, 2.05) is 6.92 Å². The van der Waals surface area contributed by atoms with Crippen molar-refractivity contribution in [2.45, 2.75) is 38.1 Å². The Hall–Kier alpha value is -2.56. The number of ether oxygens (including phenoxy) is 1. The Morgan fingerprint density at radius 2 is 2.21 bits per heavy atom. The first-order valence-corrected chi connectivity index (χ1v) is 7.90. The van der Waals surface area contributed by atoms with E-state index in [-0.39, 0.29) is 12.5 Å². The number of rotatable bonds is 5. The van der Waals surface area contributed by atoms with Crippen molar-refractivity contribution in [3.05, 3.63) is 0 Å². The fourth-order valence-electron chi connectivity index (χ4n) is 3.16. The summed E-state index contributed by atoms with van der Waals surface area (Å²) in [5, 5.41) is 5.08. The van der Waals surface area contributed by atoms with E-state index in [0.717, 1.165) is 24.2 Å². The van der Waals surface area contributed by atoms with E-state index in [4.69, 9.17) is 11.2 Å². The second-order valence-corrected chi connectivity index (χ2v) is 6.08. The maximum absolute atomic E-state index is 12.7. The van der Waals surface area contributed by atoms with Crippen molar-refractivity contribution in [2.24, 2.45) is 5.92 Å². The summed E-state index contributed by atoms with van der Waals surface area (Å²) >= 11 is 0. The molecule has 8 heteroatoms. The highest BCUT2D eigenvalue weighted by atomic mass is 16.5. The second kappa shape index (κ2) is 7.34. The number of esters is 1. The summed E-state index contributed by atoms with van der Waals surface area (Å²) in [5.41, 5.74) is -0.917. The molecule has 0 unspecified atom stereocenters. The van der Waals surface area contributed by atoms with Gasteiger partial charge in [-0.05, 0) is 18.8 Å². The van der Waals surface area contributed by atoms with Crippen LogP contribution in [0.3, 0.4) is 0 Å². The van der Waals surface area contributed by atoms with E-state index in [1.165, 1.54) is 0 Å². The van der Waals surface area contributed by atoms with Crippen LogP contribution >= 0.6 is 0 Å². The molecular formula is C16H21N3O5. The van der Waals surface area contributed by atoms with Crippen molar-refractivity contribution in [2.75, 3.05) is 19.7 Å². The number of terminal acetylenes is 1. The summed E-state index contributed by atoms with van der Waals surface area (Å²) in [7, 11) is 0. The summed E-state index contributed by atoms with van der Waals surface area (Å²) in [6.07, 6.45) is 8.27. The standard InChI is InChI=1S/C16H21N3O5/c1-3-8-17-12(20)10-24-13(21)9-19-14(22)16(18-15(19)23)7-5-4-6-11(16)2/h1,11H,4-10H2,2H3,(H,17,20)(H,18,23)/t11-,16-/m0/s1. The third kappa shape index (κ3) is 3.50. The minimum atomic E-state index is -0.917. The molecule has 4 amide bonds. The lowest BCUT2D eigenvalue weighted by Crippen LogP contribution is -2.54. The fourth-order valence-corrected chi connectivity index (χ4v) is 3.16. The first-order valence-electron chi connectivity index (χ1n) is 7.90. The molecule has 1 aliphatic heterocycles. The van der Waals surface area contributed by atoms with Crippen molar-refractivity contribution >= 4 is 23.8 Å². The predicted octanol–water partition coefficient (Wildman–Crippen LogP) is -0.220. The highest BCUT2D eigenvalue weighted by Gasteiger charge is 2.55. The Morgan fingerprint density at radius 3 is 2.88 bits per heavy atom. The molecule has 2 atom stereocenters. The highest BCUT2D eigenvalue weighted by Crippen LogP contribution is 2.38. The molecule has 0 aromatic carbocycles. The van der Waals surface area contributed by atoms with Crippen LogP contribution in [0.25, 0.3) is 0 Å². The fraction of sp³-hybridized carbons (Fsp3) is 0.625. The molecule has 1 saturated heterocycles. The zero-order chi connectivity index (χ0) is 17.7. The van der Waals surface area contributed by atoms with Crippen molar-refractivity contribution < 1.29 is 23.9 Å². The molecule has 1 spiro atoms. The molecule has 130 valence electrons. The predicted molar refractivity (Wildman–Crippen MR) is 83.4 cm³/mol. The first kappa shape index (κ1) is 17.8. The van der Waals surface area contributed by atoms with E-state index in [0.29, 0.717) is 6.42 Å².